The molecule has 2 atom stereocenters. The minimum Gasteiger partial charge on any atom is -0.485 e. The van der Waals surface area contributed by atoms with Crippen molar-refractivity contribution in [3.05, 3.63) is 41.5 Å². The lowest BCUT2D eigenvalue weighted by Gasteiger charge is -2.36. The van der Waals surface area contributed by atoms with Crippen LogP contribution in [0.25, 0.3) is 0 Å². The molecule has 1 aromatic carbocycles. The molecule has 0 radical (unpaired) electrons. The number of para-hydroxylation sites is 1. The lowest BCUT2D eigenvalue weighted by molar-refractivity contribution is 0.0669. The molecule has 128 valence electrons. The molecule has 1 fully saturated rings. The van der Waals surface area contributed by atoms with Crippen molar-refractivity contribution in [3.63, 3.8) is 0 Å². The minimum atomic E-state index is -0.0184. The number of aryl methyl sites for hydroxylation is 1. The van der Waals surface area contributed by atoms with Crippen molar-refractivity contribution in [3.8, 4) is 5.75 Å². The van der Waals surface area contributed by atoms with Gasteiger partial charge in [-0.25, -0.2) is 0 Å². The number of hydrogen-bond acceptors (Lipinski definition) is 6. The molecule has 1 saturated heterocycles. The Kier molecular flexibility index (Phi) is 4.80. The first-order valence-electron chi connectivity index (χ1n) is 8.09. The van der Waals surface area contributed by atoms with Gasteiger partial charge in [0.15, 0.2) is 6.61 Å². The van der Waals surface area contributed by atoms with Gasteiger partial charge in [-0.15, -0.1) is 0 Å². The van der Waals surface area contributed by atoms with E-state index in [2.05, 4.69) is 29.3 Å². The van der Waals surface area contributed by atoms with Crippen molar-refractivity contribution in [1.82, 2.24) is 20.4 Å². The number of hydrogen-bond donors (Lipinski definition) is 1. The Balaban J connectivity index is 1.74. The molecule has 0 unspecified atom stereocenters. The SMILES string of the molecule is Cc1nc(COc2ccccc2C(=O)N2C[C@H](C)N[C@@H](C)C2)no1. The highest BCUT2D eigenvalue weighted by molar-refractivity contribution is 5.97. The smallest absolute Gasteiger partial charge is 0.257 e. The molecule has 3 rings (SSSR count). The molecule has 24 heavy (non-hydrogen) atoms. The maximum atomic E-state index is 12.9. The minimum absolute atomic E-state index is 0.0184. The third-order valence-corrected chi connectivity index (χ3v) is 3.89. The molecule has 0 saturated carbocycles. The van der Waals surface area contributed by atoms with Crippen LogP contribution in [0.1, 0.15) is 35.9 Å². The van der Waals surface area contributed by atoms with Crippen LogP contribution in [-0.2, 0) is 6.61 Å². The first-order valence-corrected chi connectivity index (χ1v) is 8.09. The maximum absolute atomic E-state index is 12.9. The van der Waals surface area contributed by atoms with Crippen molar-refractivity contribution in [2.24, 2.45) is 0 Å². The van der Waals surface area contributed by atoms with Crippen molar-refractivity contribution >= 4 is 5.91 Å². The molecule has 0 spiro atoms. The van der Waals surface area contributed by atoms with Gasteiger partial charge < -0.3 is 19.5 Å². The highest BCUT2D eigenvalue weighted by Gasteiger charge is 2.27. The first kappa shape index (κ1) is 16.4. The van der Waals surface area contributed by atoms with E-state index in [4.69, 9.17) is 9.26 Å². The van der Waals surface area contributed by atoms with Crippen LogP contribution in [0.3, 0.4) is 0 Å². The summed E-state index contributed by atoms with van der Waals surface area (Å²) in [5.74, 6) is 1.46. The molecule has 1 N–H and O–H groups in total. The van der Waals surface area contributed by atoms with E-state index in [0.717, 1.165) is 0 Å². The van der Waals surface area contributed by atoms with Gasteiger partial charge in [0.1, 0.15) is 5.75 Å². The molecule has 0 aliphatic carbocycles. The van der Waals surface area contributed by atoms with Crippen molar-refractivity contribution in [2.45, 2.75) is 39.5 Å². The fourth-order valence-corrected chi connectivity index (χ4v) is 2.97. The zero-order chi connectivity index (χ0) is 17.1. The maximum Gasteiger partial charge on any atom is 0.257 e. The Bertz CT molecular complexity index is 705. The van der Waals surface area contributed by atoms with E-state index >= 15 is 0 Å². The average Bonchev–Trinajstić information content (AvgIpc) is 2.97. The van der Waals surface area contributed by atoms with Gasteiger partial charge in [0.05, 0.1) is 5.56 Å². The molecule has 1 aliphatic rings. The number of ether oxygens (including phenoxy) is 1. The highest BCUT2D eigenvalue weighted by Crippen LogP contribution is 2.22. The highest BCUT2D eigenvalue weighted by atomic mass is 16.5. The van der Waals surface area contributed by atoms with Gasteiger partial charge in [-0.05, 0) is 26.0 Å². The molecule has 2 heterocycles. The summed E-state index contributed by atoms with van der Waals surface area (Å²) < 4.78 is 10.7. The first-order chi connectivity index (χ1) is 11.5. The van der Waals surface area contributed by atoms with Crippen molar-refractivity contribution in [1.29, 1.82) is 0 Å². The predicted molar refractivity (Wildman–Crippen MR) is 87.8 cm³/mol. The molecule has 7 nitrogen and oxygen atoms in total. The lowest BCUT2D eigenvalue weighted by atomic mass is 10.1. The third kappa shape index (κ3) is 3.73. The van der Waals surface area contributed by atoms with E-state index in [1.54, 1.807) is 19.1 Å². The van der Waals surface area contributed by atoms with Crippen LogP contribution in [0.4, 0.5) is 0 Å². The number of nitrogens with one attached hydrogen (secondary N) is 1. The Morgan fingerprint density at radius 1 is 1.33 bits per heavy atom. The van der Waals surface area contributed by atoms with E-state index in [9.17, 15) is 4.79 Å². The third-order valence-electron chi connectivity index (χ3n) is 3.89. The van der Waals surface area contributed by atoms with E-state index in [1.807, 2.05) is 17.0 Å². The van der Waals surface area contributed by atoms with Gasteiger partial charge in [0.2, 0.25) is 11.7 Å². The lowest BCUT2D eigenvalue weighted by Crippen LogP contribution is -2.55. The van der Waals surface area contributed by atoms with Crippen LogP contribution in [-0.4, -0.2) is 46.1 Å². The predicted octanol–water partition coefficient (Wildman–Crippen LogP) is 1.78. The summed E-state index contributed by atoms with van der Waals surface area (Å²) in [6.45, 7) is 7.41. The summed E-state index contributed by atoms with van der Waals surface area (Å²) in [6, 6.07) is 7.80. The molecule has 1 amide bonds. The Morgan fingerprint density at radius 3 is 2.71 bits per heavy atom. The summed E-state index contributed by atoms with van der Waals surface area (Å²) in [5.41, 5.74) is 0.555. The Morgan fingerprint density at radius 2 is 2.04 bits per heavy atom. The fraction of sp³-hybridized carbons (Fsp3) is 0.471. The topological polar surface area (TPSA) is 80.5 Å². The van der Waals surface area contributed by atoms with E-state index < -0.39 is 0 Å². The molecule has 1 aromatic heterocycles. The molecule has 2 aromatic rings. The molecule has 1 aliphatic heterocycles. The van der Waals surface area contributed by atoms with Crippen LogP contribution in [0.5, 0.6) is 5.75 Å². The molecule has 0 bridgehead atoms. The van der Waals surface area contributed by atoms with E-state index in [1.165, 1.54) is 0 Å². The number of rotatable bonds is 4. The largest absolute Gasteiger partial charge is 0.485 e. The molecule has 7 heteroatoms. The second-order valence-electron chi connectivity index (χ2n) is 6.19. The number of benzene rings is 1. The van der Waals surface area contributed by atoms with Crippen LogP contribution in [0, 0.1) is 6.92 Å². The number of aromatic nitrogens is 2. The van der Waals surface area contributed by atoms with Crippen LogP contribution in [0.2, 0.25) is 0 Å². The van der Waals surface area contributed by atoms with Gasteiger partial charge >= 0.3 is 0 Å². The second-order valence-corrected chi connectivity index (χ2v) is 6.19. The number of carbonyl (C=O) groups excluding carboxylic acids is 1. The van der Waals surface area contributed by atoms with E-state index in [-0.39, 0.29) is 24.6 Å². The van der Waals surface area contributed by atoms with E-state index in [0.29, 0.717) is 36.1 Å². The molecular weight excluding hydrogens is 308 g/mol. The second kappa shape index (κ2) is 7.00. The van der Waals surface area contributed by atoms with Gasteiger partial charge in [0.25, 0.3) is 5.91 Å². The number of nitrogens with zero attached hydrogens (tertiary/aromatic N) is 3. The van der Waals surface area contributed by atoms with Gasteiger partial charge in [0, 0.05) is 32.1 Å². The summed E-state index contributed by atoms with van der Waals surface area (Å²) in [4.78, 5) is 18.9. The Hall–Kier alpha value is -2.41. The zero-order valence-corrected chi connectivity index (χ0v) is 14.2. The Labute approximate surface area is 141 Å². The van der Waals surface area contributed by atoms with Crippen molar-refractivity contribution in [2.75, 3.05) is 13.1 Å². The monoisotopic (exact) mass is 330 g/mol. The normalized spacial score (nSPS) is 20.9. The number of piperazine rings is 1. The molecular formula is C17H22N4O3. The van der Waals surface area contributed by atoms with Crippen LogP contribution < -0.4 is 10.1 Å². The van der Waals surface area contributed by atoms with Crippen LogP contribution >= 0.6 is 0 Å². The fourth-order valence-electron chi connectivity index (χ4n) is 2.97. The number of amides is 1. The summed E-state index contributed by atoms with van der Waals surface area (Å²) in [6.07, 6.45) is 0. The van der Waals surface area contributed by atoms with Crippen LogP contribution in [0.15, 0.2) is 28.8 Å². The summed E-state index contributed by atoms with van der Waals surface area (Å²) in [5, 5.41) is 7.23. The van der Waals surface area contributed by atoms with Gasteiger partial charge in [-0.1, -0.05) is 17.3 Å². The standard InChI is InChI=1S/C17H22N4O3/c1-11-8-21(9-12(2)18-11)17(22)14-6-4-5-7-15(14)23-10-16-19-13(3)24-20-16/h4-7,11-12,18H,8-10H2,1-3H3/t11-,12-/m0/s1. The van der Waals surface area contributed by atoms with Crippen molar-refractivity contribution < 1.29 is 14.1 Å². The van der Waals surface area contributed by atoms with Gasteiger partial charge in [-0.2, -0.15) is 4.98 Å². The van der Waals surface area contributed by atoms with Gasteiger partial charge in [-0.3, -0.25) is 4.79 Å². The number of carbonyl (C=O) groups is 1. The summed E-state index contributed by atoms with van der Waals surface area (Å²) >= 11 is 0. The average molecular weight is 330 g/mol. The zero-order valence-electron chi connectivity index (χ0n) is 14.2. The quantitative estimate of drug-likeness (QED) is 0.920. The summed E-state index contributed by atoms with van der Waals surface area (Å²) in [7, 11) is 0.